The Hall–Kier alpha value is -1.03. The third kappa shape index (κ3) is 3.85. The fraction of sp³-hybridized carbons (Fsp3) is 0.417. The minimum Gasteiger partial charge on any atom is -0.478 e. The van der Waals surface area contributed by atoms with Gasteiger partial charge < -0.3 is 10.4 Å². The van der Waals surface area contributed by atoms with Gasteiger partial charge in [0.15, 0.2) is 0 Å². The van der Waals surface area contributed by atoms with Crippen LogP contribution >= 0.6 is 15.9 Å². The van der Waals surface area contributed by atoms with Gasteiger partial charge in [-0.2, -0.15) is 0 Å². The monoisotopic (exact) mass is 285 g/mol. The highest BCUT2D eigenvalue weighted by atomic mass is 79.9. The Morgan fingerprint density at radius 1 is 1.44 bits per heavy atom. The van der Waals surface area contributed by atoms with E-state index in [-0.39, 0.29) is 5.41 Å². The van der Waals surface area contributed by atoms with Crippen LogP contribution in [0.5, 0.6) is 0 Å². The Labute approximate surface area is 104 Å². The number of nitrogens with one attached hydrogen (secondary N) is 1. The Bertz CT molecular complexity index is 396. The third-order valence-corrected chi connectivity index (χ3v) is 2.51. The molecule has 0 amide bonds. The molecule has 16 heavy (non-hydrogen) atoms. The lowest BCUT2D eigenvalue weighted by molar-refractivity contribution is 0.0698. The number of carboxylic acids is 1. The molecule has 0 aliphatic heterocycles. The second-order valence-electron chi connectivity index (χ2n) is 4.91. The van der Waals surface area contributed by atoms with Crippen LogP contribution < -0.4 is 5.32 Å². The van der Waals surface area contributed by atoms with Crippen LogP contribution in [0.15, 0.2) is 22.7 Å². The summed E-state index contributed by atoms with van der Waals surface area (Å²) in [7, 11) is 0. The van der Waals surface area contributed by atoms with Crippen LogP contribution in [-0.4, -0.2) is 17.6 Å². The van der Waals surface area contributed by atoms with Crippen LogP contribution in [0.4, 0.5) is 5.69 Å². The van der Waals surface area contributed by atoms with Crippen LogP contribution in [0, 0.1) is 5.41 Å². The van der Waals surface area contributed by atoms with E-state index < -0.39 is 5.97 Å². The number of anilines is 1. The molecule has 0 radical (unpaired) electrons. The van der Waals surface area contributed by atoms with Crippen molar-refractivity contribution in [3.8, 4) is 0 Å². The van der Waals surface area contributed by atoms with Crippen molar-refractivity contribution in [3.63, 3.8) is 0 Å². The van der Waals surface area contributed by atoms with Gasteiger partial charge in [-0.3, -0.25) is 0 Å². The number of carboxylic acid groups (broad SMARTS) is 1. The Balaban J connectivity index is 2.93. The van der Waals surface area contributed by atoms with Crippen molar-refractivity contribution in [1.29, 1.82) is 0 Å². The van der Waals surface area contributed by atoms with Crippen molar-refractivity contribution < 1.29 is 9.90 Å². The number of aromatic carboxylic acids is 1. The molecule has 0 fully saturated rings. The predicted molar refractivity (Wildman–Crippen MR) is 69.0 cm³/mol. The Morgan fingerprint density at radius 2 is 2.06 bits per heavy atom. The number of hydrogen-bond donors (Lipinski definition) is 2. The van der Waals surface area contributed by atoms with Crippen LogP contribution in [-0.2, 0) is 0 Å². The summed E-state index contributed by atoms with van der Waals surface area (Å²) >= 11 is 3.33. The molecule has 1 rings (SSSR count). The molecule has 0 atom stereocenters. The predicted octanol–water partition coefficient (Wildman–Crippen LogP) is 3.61. The first-order chi connectivity index (χ1) is 7.29. The summed E-state index contributed by atoms with van der Waals surface area (Å²) in [5.74, 6) is -0.913. The van der Waals surface area contributed by atoms with Crippen molar-refractivity contribution in [1.82, 2.24) is 0 Å². The summed E-state index contributed by atoms with van der Waals surface area (Å²) in [4.78, 5) is 11.0. The van der Waals surface area contributed by atoms with Gasteiger partial charge in [0.1, 0.15) is 0 Å². The van der Waals surface area contributed by atoms with Crippen molar-refractivity contribution in [2.75, 3.05) is 11.9 Å². The zero-order chi connectivity index (χ0) is 12.3. The fourth-order valence-corrected chi connectivity index (χ4v) is 1.57. The summed E-state index contributed by atoms with van der Waals surface area (Å²) in [6.45, 7) is 7.01. The van der Waals surface area contributed by atoms with E-state index in [1.54, 1.807) is 18.2 Å². The first-order valence-electron chi connectivity index (χ1n) is 5.06. The zero-order valence-corrected chi connectivity index (χ0v) is 11.3. The lowest BCUT2D eigenvalue weighted by Gasteiger charge is -2.20. The SMILES string of the molecule is CC(C)(C)CNc1cc(Br)ccc1C(=O)O. The van der Waals surface area contributed by atoms with E-state index in [0.29, 0.717) is 11.3 Å². The Kier molecular flexibility index (Phi) is 3.97. The molecule has 0 aliphatic rings. The van der Waals surface area contributed by atoms with E-state index in [9.17, 15) is 4.79 Å². The molecule has 0 aromatic heterocycles. The van der Waals surface area contributed by atoms with Gasteiger partial charge in [0, 0.05) is 16.7 Å². The molecule has 3 nitrogen and oxygen atoms in total. The molecule has 0 heterocycles. The molecule has 2 N–H and O–H groups in total. The van der Waals surface area contributed by atoms with Gasteiger partial charge in [0.25, 0.3) is 0 Å². The lowest BCUT2D eigenvalue weighted by atomic mass is 9.96. The number of rotatable bonds is 3. The van der Waals surface area contributed by atoms with Crippen molar-refractivity contribution in [3.05, 3.63) is 28.2 Å². The lowest BCUT2D eigenvalue weighted by Crippen LogP contribution is -2.20. The van der Waals surface area contributed by atoms with Gasteiger partial charge in [0.05, 0.1) is 5.56 Å². The summed E-state index contributed by atoms with van der Waals surface area (Å²) in [6, 6.07) is 5.11. The highest BCUT2D eigenvalue weighted by Crippen LogP contribution is 2.23. The second kappa shape index (κ2) is 4.87. The topological polar surface area (TPSA) is 49.3 Å². The van der Waals surface area contributed by atoms with Gasteiger partial charge in [-0.15, -0.1) is 0 Å². The molecular weight excluding hydrogens is 270 g/mol. The third-order valence-electron chi connectivity index (χ3n) is 2.02. The largest absolute Gasteiger partial charge is 0.478 e. The average molecular weight is 286 g/mol. The van der Waals surface area contributed by atoms with E-state index in [1.807, 2.05) is 0 Å². The zero-order valence-electron chi connectivity index (χ0n) is 9.67. The van der Waals surface area contributed by atoms with Crippen LogP contribution in [0.3, 0.4) is 0 Å². The second-order valence-corrected chi connectivity index (χ2v) is 5.82. The van der Waals surface area contributed by atoms with E-state index in [1.165, 1.54) is 0 Å². The summed E-state index contributed by atoms with van der Waals surface area (Å²) in [5.41, 5.74) is 1.06. The van der Waals surface area contributed by atoms with Gasteiger partial charge in [-0.1, -0.05) is 36.7 Å². The van der Waals surface area contributed by atoms with Crippen LogP contribution in [0.1, 0.15) is 31.1 Å². The van der Waals surface area contributed by atoms with Gasteiger partial charge >= 0.3 is 5.97 Å². The van der Waals surface area contributed by atoms with Crippen molar-refractivity contribution in [2.24, 2.45) is 5.41 Å². The number of halogens is 1. The molecule has 1 aromatic rings. The van der Waals surface area contributed by atoms with E-state index in [4.69, 9.17) is 5.11 Å². The highest BCUT2D eigenvalue weighted by molar-refractivity contribution is 9.10. The maximum atomic E-state index is 11.0. The van der Waals surface area contributed by atoms with Crippen LogP contribution in [0.2, 0.25) is 0 Å². The summed E-state index contributed by atoms with van der Waals surface area (Å²) in [6.07, 6.45) is 0. The maximum absolute atomic E-state index is 11.0. The molecule has 1 aromatic carbocycles. The maximum Gasteiger partial charge on any atom is 0.337 e. The normalized spacial score (nSPS) is 11.2. The van der Waals surface area contributed by atoms with Gasteiger partial charge in [-0.25, -0.2) is 4.79 Å². The number of benzene rings is 1. The summed E-state index contributed by atoms with van der Waals surface area (Å²) < 4.78 is 0.869. The van der Waals surface area contributed by atoms with E-state index in [0.717, 1.165) is 11.0 Å². The fourth-order valence-electron chi connectivity index (χ4n) is 1.21. The van der Waals surface area contributed by atoms with Crippen molar-refractivity contribution >= 4 is 27.6 Å². The first-order valence-corrected chi connectivity index (χ1v) is 5.85. The molecule has 0 aliphatic carbocycles. The Morgan fingerprint density at radius 3 is 2.56 bits per heavy atom. The molecule has 0 unspecified atom stereocenters. The molecule has 0 saturated carbocycles. The smallest absolute Gasteiger partial charge is 0.337 e. The molecule has 88 valence electrons. The summed E-state index contributed by atoms with van der Waals surface area (Å²) in [5, 5.41) is 12.2. The molecular formula is C12H16BrNO2. The highest BCUT2D eigenvalue weighted by Gasteiger charge is 2.14. The molecule has 4 heteroatoms. The molecule has 0 spiro atoms. The minimum absolute atomic E-state index is 0.109. The number of carbonyl (C=O) groups is 1. The standard InChI is InChI=1S/C12H16BrNO2/c1-12(2,3)7-14-10-6-8(13)4-5-9(10)11(15)16/h4-6,14H,7H2,1-3H3,(H,15,16). The average Bonchev–Trinajstić information content (AvgIpc) is 2.13. The quantitative estimate of drug-likeness (QED) is 0.892. The molecule has 0 saturated heterocycles. The van der Waals surface area contributed by atoms with Crippen molar-refractivity contribution in [2.45, 2.75) is 20.8 Å². The van der Waals surface area contributed by atoms with Gasteiger partial charge in [-0.05, 0) is 23.6 Å². The first kappa shape index (κ1) is 13.0. The van der Waals surface area contributed by atoms with Crippen LogP contribution in [0.25, 0.3) is 0 Å². The van der Waals surface area contributed by atoms with Gasteiger partial charge in [0.2, 0.25) is 0 Å². The number of hydrogen-bond acceptors (Lipinski definition) is 2. The van der Waals surface area contributed by atoms with E-state index in [2.05, 4.69) is 42.0 Å². The molecule has 0 bridgehead atoms. The minimum atomic E-state index is -0.913. The van der Waals surface area contributed by atoms with E-state index >= 15 is 0 Å².